The standard InChI is InChI=1S/C13H16FIN2O.ClH/c1-16-10-4-6-17(7-5-10)13(18)11-3-2-9(14)8-12(11)15;/h2-3,8,10,16H,4-7H2,1H3;1H. The van der Waals surface area contributed by atoms with Crippen LogP contribution in [0.3, 0.4) is 0 Å². The number of benzene rings is 1. The molecule has 6 heteroatoms. The lowest BCUT2D eigenvalue weighted by Crippen LogP contribution is -2.44. The Labute approximate surface area is 132 Å². The van der Waals surface area contributed by atoms with Gasteiger partial charge in [-0.15, -0.1) is 12.4 Å². The molecule has 0 bridgehead atoms. The van der Waals surface area contributed by atoms with Crippen LogP contribution in [0.15, 0.2) is 18.2 Å². The van der Waals surface area contributed by atoms with Crippen molar-refractivity contribution in [1.29, 1.82) is 0 Å². The van der Waals surface area contributed by atoms with Crippen LogP contribution in [0.2, 0.25) is 0 Å². The summed E-state index contributed by atoms with van der Waals surface area (Å²) in [7, 11) is 1.95. The lowest BCUT2D eigenvalue weighted by atomic mass is 10.0. The van der Waals surface area contributed by atoms with E-state index in [9.17, 15) is 9.18 Å². The summed E-state index contributed by atoms with van der Waals surface area (Å²) in [5.74, 6) is -0.293. The van der Waals surface area contributed by atoms with E-state index in [0.29, 0.717) is 15.2 Å². The van der Waals surface area contributed by atoms with Gasteiger partial charge in [0, 0.05) is 22.7 Å². The first kappa shape index (κ1) is 16.7. The number of carbonyl (C=O) groups excluding carboxylic acids is 1. The van der Waals surface area contributed by atoms with Crippen molar-refractivity contribution in [2.24, 2.45) is 0 Å². The molecule has 1 fully saturated rings. The summed E-state index contributed by atoms with van der Waals surface area (Å²) in [6, 6.07) is 4.81. The maximum absolute atomic E-state index is 13.0. The zero-order valence-electron chi connectivity index (χ0n) is 10.7. The summed E-state index contributed by atoms with van der Waals surface area (Å²) in [5.41, 5.74) is 0.597. The van der Waals surface area contributed by atoms with E-state index < -0.39 is 0 Å². The molecule has 1 N–H and O–H groups in total. The zero-order chi connectivity index (χ0) is 13.1. The monoisotopic (exact) mass is 398 g/mol. The van der Waals surface area contributed by atoms with Gasteiger partial charge >= 0.3 is 0 Å². The number of nitrogens with one attached hydrogen (secondary N) is 1. The lowest BCUT2D eigenvalue weighted by molar-refractivity contribution is 0.0706. The summed E-state index contributed by atoms with van der Waals surface area (Å²) >= 11 is 2.01. The minimum absolute atomic E-state index is 0. The SMILES string of the molecule is CNC1CCN(C(=O)c2ccc(F)cc2I)CC1.Cl. The molecule has 1 aromatic rings. The van der Waals surface area contributed by atoms with Gasteiger partial charge in [0.25, 0.3) is 5.91 Å². The minimum Gasteiger partial charge on any atom is -0.338 e. The van der Waals surface area contributed by atoms with Gasteiger partial charge in [-0.3, -0.25) is 4.79 Å². The van der Waals surface area contributed by atoms with Crippen LogP contribution in [-0.4, -0.2) is 37.0 Å². The molecule has 0 aromatic heterocycles. The normalized spacial score (nSPS) is 16.1. The summed E-state index contributed by atoms with van der Waals surface area (Å²) < 4.78 is 13.7. The zero-order valence-corrected chi connectivity index (χ0v) is 13.6. The Hall–Kier alpha value is -0.400. The van der Waals surface area contributed by atoms with E-state index in [1.807, 2.05) is 34.5 Å². The van der Waals surface area contributed by atoms with E-state index in [-0.39, 0.29) is 24.1 Å². The van der Waals surface area contributed by atoms with Crippen LogP contribution >= 0.6 is 35.0 Å². The minimum atomic E-state index is -0.301. The molecule has 19 heavy (non-hydrogen) atoms. The smallest absolute Gasteiger partial charge is 0.254 e. The Balaban J connectivity index is 0.00000180. The maximum atomic E-state index is 13.0. The summed E-state index contributed by atoms with van der Waals surface area (Å²) in [4.78, 5) is 14.2. The first-order valence-corrected chi connectivity index (χ1v) is 7.11. The van der Waals surface area contributed by atoms with E-state index in [1.165, 1.54) is 12.1 Å². The van der Waals surface area contributed by atoms with Crippen LogP contribution in [0.5, 0.6) is 0 Å². The second kappa shape index (κ2) is 7.40. The number of hydrogen-bond donors (Lipinski definition) is 1. The van der Waals surface area contributed by atoms with Crippen molar-refractivity contribution in [1.82, 2.24) is 10.2 Å². The van der Waals surface area contributed by atoms with E-state index in [4.69, 9.17) is 0 Å². The molecule has 0 unspecified atom stereocenters. The van der Waals surface area contributed by atoms with Gasteiger partial charge in [-0.2, -0.15) is 0 Å². The highest BCUT2D eigenvalue weighted by atomic mass is 127. The van der Waals surface area contributed by atoms with E-state index in [2.05, 4.69) is 5.32 Å². The summed E-state index contributed by atoms with van der Waals surface area (Å²) in [5, 5.41) is 3.23. The molecule has 1 saturated heterocycles. The Morgan fingerprint density at radius 3 is 2.58 bits per heavy atom. The molecule has 106 valence electrons. The van der Waals surface area contributed by atoms with Gasteiger partial charge in [-0.05, 0) is 60.7 Å². The molecule has 0 spiro atoms. The molecule has 1 aromatic carbocycles. The maximum Gasteiger partial charge on any atom is 0.254 e. The first-order valence-electron chi connectivity index (χ1n) is 6.03. The third-order valence-electron chi connectivity index (χ3n) is 3.35. The number of carbonyl (C=O) groups is 1. The van der Waals surface area contributed by atoms with Crippen molar-refractivity contribution in [2.75, 3.05) is 20.1 Å². The molecule has 1 aliphatic rings. The Morgan fingerprint density at radius 1 is 1.42 bits per heavy atom. The Morgan fingerprint density at radius 2 is 2.05 bits per heavy atom. The van der Waals surface area contributed by atoms with Gasteiger partial charge in [0.2, 0.25) is 0 Å². The molecule has 0 radical (unpaired) electrons. The van der Waals surface area contributed by atoms with Crippen LogP contribution in [0.4, 0.5) is 4.39 Å². The van der Waals surface area contributed by atoms with Gasteiger partial charge in [0.05, 0.1) is 5.56 Å². The van der Waals surface area contributed by atoms with Crippen molar-refractivity contribution in [3.8, 4) is 0 Å². The fourth-order valence-corrected chi connectivity index (χ4v) is 2.91. The largest absolute Gasteiger partial charge is 0.338 e. The lowest BCUT2D eigenvalue weighted by Gasteiger charge is -2.32. The third-order valence-corrected chi connectivity index (χ3v) is 4.24. The highest BCUT2D eigenvalue weighted by Crippen LogP contribution is 2.19. The molecule has 3 nitrogen and oxygen atoms in total. The summed E-state index contributed by atoms with van der Waals surface area (Å²) in [6.45, 7) is 1.52. The number of nitrogens with zero attached hydrogens (tertiary/aromatic N) is 1. The Bertz CT molecular complexity index is 450. The highest BCUT2D eigenvalue weighted by molar-refractivity contribution is 14.1. The van der Waals surface area contributed by atoms with Gasteiger partial charge in [-0.1, -0.05) is 0 Å². The number of likely N-dealkylation sites (tertiary alicyclic amines) is 1. The average Bonchev–Trinajstić information content (AvgIpc) is 2.38. The van der Waals surface area contributed by atoms with Crippen LogP contribution in [-0.2, 0) is 0 Å². The number of halogens is 3. The molecule has 1 aliphatic heterocycles. The molecule has 1 heterocycles. The highest BCUT2D eigenvalue weighted by Gasteiger charge is 2.23. The molecule has 2 rings (SSSR count). The van der Waals surface area contributed by atoms with Gasteiger partial charge in [0.15, 0.2) is 0 Å². The number of amides is 1. The number of hydrogen-bond acceptors (Lipinski definition) is 2. The van der Waals surface area contributed by atoms with Crippen LogP contribution in [0.1, 0.15) is 23.2 Å². The molecule has 1 amide bonds. The molecule has 0 atom stereocenters. The molecule has 0 aliphatic carbocycles. The van der Waals surface area contributed by atoms with E-state index >= 15 is 0 Å². The number of rotatable bonds is 2. The van der Waals surface area contributed by atoms with Crippen molar-refractivity contribution >= 4 is 40.9 Å². The second-order valence-electron chi connectivity index (χ2n) is 4.48. The topological polar surface area (TPSA) is 32.3 Å². The van der Waals surface area contributed by atoms with Crippen LogP contribution in [0.25, 0.3) is 0 Å². The van der Waals surface area contributed by atoms with Crippen LogP contribution in [0, 0.1) is 9.39 Å². The molecular formula is C13H17ClFIN2O. The van der Waals surface area contributed by atoms with Crippen molar-refractivity contribution < 1.29 is 9.18 Å². The van der Waals surface area contributed by atoms with E-state index in [0.717, 1.165) is 25.9 Å². The van der Waals surface area contributed by atoms with Gasteiger partial charge < -0.3 is 10.2 Å². The quantitative estimate of drug-likeness (QED) is 0.777. The average molecular weight is 399 g/mol. The van der Waals surface area contributed by atoms with E-state index in [1.54, 1.807) is 6.07 Å². The van der Waals surface area contributed by atoms with Crippen molar-refractivity contribution in [3.63, 3.8) is 0 Å². The summed E-state index contributed by atoms with van der Waals surface area (Å²) in [6.07, 6.45) is 1.94. The van der Waals surface area contributed by atoms with Gasteiger partial charge in [0.1, 0.15) is 5.82 Å². The molecule has 0 saturated carbocycles. The van der Waals surface area contributed by atoms with Crippen molar-refractivity contribution in [2.45, 2.75) is 18.9 Å². The third kappa shape index (κ3) is 4.03. The van der Waals surface area contributed by atoms with Crippen LogP contribution < -0.4 is 5.32 Å². The fourth-order valence-electron chi connectivity index (χ4n) is 2.20. The fraction of sp³-hybridized carbons (Fsp3) is 0.462. The van der Waals surface area contributed by atoms with Gasteiger partial charge in [-0.25, -0.2) is 4.39 Å². The number of piperidine rings is 1. The second-order valence-corrected chi connectivity index (χ2v) is 5.64. The molecular weight excluding hydrogens is 382 g/mol. The predicted octanol–water partition coefficient (Wildman–Crippen LogP) is 2.68. The predicted molar refractivity (Wildman–Crippen MR) is 84.4 cm³/mol. The Kier molecular flexibility index (Phi) is 6.49. The van der Waals surface area contributed by atoms with Crippen molar-refractivity contribution in [3.05, 3.63) is 33.1 Å². The first-order chi connectivity index (χ1) is 8.61.